The topological polar surface area (TPSA) is 96.2 Å². The Bertz CT molecular complexity index is 831. The molecule has 1 heterocycles. The SMILES string of the molecule is Cc1cccc(NC(=O)CSc2ncc(CO)n2CC(=O)NC2CCCC2)c1. The number of aliphatic hydroxyl groups is 1. The molecule has 1 aromatic heterocycles. The molecule has 7 nitrogen and oxygen atoms in total. The second kappa shape index (κ2) is 9.75. The summed E-state index contributed by atoms with van der Waals surface area (Å²) in [6.45, 7) is 1.85. The van der Waals surface area contributed by atoms with Crippen LogP contribution in [0, 0.1) is 6.92 Å². The van der Waals surface area contributed by atoms with Gasteiger partial charge in [0.05, 0.1) is 24.3 Å². The molecule has 0 spiro atoms. The lowest BCUT2D eigenvalue weighted by atomic mass is 10.2. The van der Waals surface area contributed by atoms with Crippen molar-refractivity contribution in [2.75, 3.05) is 11.1 Å². The third-order valence-corrected chi connectivity index (χ3v) is 5.71. The molecule has 28 heavy (non-hydrogen) atoms. The predicted octanol–water partition coefficient (Wildman–Crippen LogP) is 2.47. The van der Waals surface area contributed by atoms with Gasteiger partial charge >= 0.3 is 0 Å². The summed E-state index contributed by atoms with van der Waals surface area (Å²) in [5.41, 5.74) is 2.38. The van der Waals surface area contributed by atoms with Gasteiger partial charge in [-0.05, 0) is 37.5 Å². The molecule has 150 valence electrons. The van der Waals surface area contributed by atoms with E-state index in [0.29, 0.717) is 10.9 Å². The zero-order chi connectivity index (χ0) is 19.9. The molecule has 0 atom stereocenters. The fourth-order valence-electron chi connectivity index (χ4n) is 3.34. The summed E-state index contributed by atoms with van der Waals surface area (Å²) >= 11 is 1.25. The molecule has 1 aliphatic carbocycles. The number of nitrogens with zero attached hydrogens (tertiary/aromatic N) is 2. The maximum Gasteiger partial charge on any atom is 0.240 e. The number of aromatic nitrogens is 2. The first-order valence-electron chi connectivity index (χ1n) is 9.49. The van der Waals surface area contributed by atoms with Crippen molar-refractivity contribution in [3.05, 3.63) is 41.7 Å². The van der Waals surface area contributed by atoms with E-state index in [2.05, 4.69) is 15.6 Å². The fraction of sp³-hybridized carbons (Fsp3) is 0.450. The molecule has 0 aliphatic heterocycles. The minimum Gasteiger partial charge on any atom is -0.390 e. The first kappa shape index (κ1) is 20.4. The van der Waals surface area contributed by atoms with E-state index in [4.69, 9.17) is 0 Å². The monoisotopic (exact) mass is 402 g/mol. The maximum absolute atomic E-state index is 12.4. The van der Waals surface area contributed by atoms with Gasteiger partial charge in [0, 0.05) is 11.7 Å². The Kier molecular flexibility index (Phi) is 7.11. The summed E-state index contributed by atoms with van der Waals surface area (Å²) in [6.07, 6.45) is 5.88. The van der Waals surface area contributed by atoms with Crippen LogP contribution in [-0.4, -0.2) is 38.3 Å². The minimum atomic E-state index is -0.209. The number of hydrogen-bond acceptors (Lipinski definition) is 5. The van der Waals surface area contributed by atoms with Crippen molar-refractivity contribution in [2.24, 2.45) is 0 Å². The van der Waals surface area contributed by atoms with Crippen LogP contribution in [0.4, 0.5) is 5.69 Å². The second-order valence-corrected chi connectivity index (χ2v) is 7.97. The van der Waals surface area contributed by atoms with Crippen LogP contribution in [0.2, 0.25) is 0 Å². The lowest BCUT2D eigenvalue weighted by Gasteiger charge is -2.14. The number of hydrogen-bond donors (Lipinski definition) is 3. The summed E-state index contributed by atoms with van der Waals surface area (Å²) in [5, 5.41) is 16.0. The van der Waals surface area contributed by atoms with E-state index >= 15 is 0 Å². The molecule has 0 unspecified atom stereocenters. The number of anilines is 1. The van der Waals surface area contributed by atoms with Gasteiger partial charge in [0.2, 0.25) is 11.8 Å². The lowest BCUT2D eigenvalue weighted by Crippen LogP contribution is -2.35. The van der Waals surface area contributed by atoms with Gasteiger partial charge in [0.25, 0.3) is 0 Å². The fourth-order valence-corrected chi connectivity index (χ4v) is 4.14. The molecule has 0 bridgehead atoms. The second-order valence-electron chi connectivity index (χ2n) is 7.03. The molecule has 2 aromatic rings. The Morgan fingerprint density at radius 1 is 1.29 bits per heavy atom. The first-order chi connectivity index (χ1) is 13.5. The molecule has 0 saturated heterocycles. The van der Waals surface area contributed by atoms with Crippen molar-refractivity contribution < 1.29 is 14.7 Å². The summed E-state index contributed by atoms with van der Waals surface area (Å²) < 4.78 is 1.68. The van der Waals surface area contributed by atoms with Crippen LogP contribution in [-0.2, 0) is 22.7 Å². The van der Waals surface area contributed by atoms with Crippen LogP contribution in [0.15, 0.2) is 35.6 Å². The molecule has 1 aromatic carbocycles. The molecule has 1 saturated carbocycles. The van der Waals surface area contributed by atoms with Crippen molar-refractivity contribution in [3.8, 4) is 0 Å². The highest BCUT2D eigenvalue weighted by molar-refractivity contribution is 7.99. The van der Waals surface area contributed by atoms with Gasteiger partial charge in [-0.2, -0.15) is 0 Å². The standard InChI is InChI=1S/C20H26N4O3S/c1-14-5-4-8-16(9-14)23-19(27)13-28-20-21-10-17(12-25)24(20)11-18(26)22-15-6-2-3-7-15/h4-5,8-10,15,25H,2-3,6-7,11-13H2,1H3,(H,22,26)(H,23,27). The van der Waals surface area contributed by atoms with Gasteiger partial charge in [-0.1, -0.05) is 36.7 Å². The molecule has 2 amide bonds. The van der Waals surface area contributed by atoms with E-state index in [1.54, 1.807) is 10.8 Å². The zero-order valence-electron chi connectivity index (χ0n) is 16.0. The van der Waals surface area contributed by atoms with Gasteiger partial charge in [0.15, 0.2) is 5.16 Å². The average Bonchev–Trinajstić information content (AvgIpc) is 3.30. The molecule has 3 N–H and O–H groups in total. The van der Waals surface area contributed by atoms with E-state index in [9.17, 15) is 14.7 Å². The lowest BCUT2D eigenvalue weighted by molar-refractivity contribution is -0.122. The van der Waals surface area contributed by atoms with Crippen LogP contribution in [0.25, 0.3) is 0 Å². The van der Waals surface area contributed by atoms with Gasteiger partial charge in [-0.3, -0.25) is 9.59 Å². The number of benzene rings is 1. The highest BCUT2D eigenvalue weighted by atomic mass is 32.2. The number of aryl methyl sites for hydroxylation is 1. The normalized spacial score (nSPS) is 14.2. The number of imidazole rings is 1. The van der Waals surface area contributed by atoms with Crippen molar-refractivity contribution in [2.45, 2.75) is 57.0 Å². The highest BCUT2D eigenvalue weighted by Gasteiger charge is 2.19. The van der Waals surface area contributed by atoms with Crippen molar-refractivity contribution in [3.63, 3.8) is 0 Å². The van der Waals surface area contributed by atoms with Gasteiger partial charge in [-0.15, -0.1) is 0 Å². The van der Waals surface area contributed by atoms with Gasteiger partial charge in [0.1, 0.15) is 6.54 Å². The Hall–Kier alpha value is -2.32. The third-order valence-electron chi connectivity index (χ3n) is 4.72. The van der Waals surface area contributed by atoms with E-state index < -0.39 is 0 Å². The van der Waals surface area contributed by atoms with Gasteiger partial charge < -0.3 is 20.3 Å². The van der Waals surface area contributed by atoms with E-state index in [0.717, 1.165) is 36.9 Å². The van der Waals surface area contributed by atoms with E-state index in [1.165, 1.54) is 11.8 Å². The number of nitrogens with one attached hydrogen (secondary N) is 2. The number of rotatable bonds is 8. The Morgan fingerprint density at radius 2 is 2.07 bits per heavy atom. The first-order valence-corrected chi connectivity index (χ1v) is 10.5. The summed E-state index contributed by atoms with van der Waals surface area (Å²) in [5.74, 6) is -0.0724. The predicted molar refractivity (Wildman–Crippen MR) is 109 cm³/mol. The average molecular weight is 403 g/mol. The molecular weight excluding hydrogens is 376 g/mol. The van der Waals surface area contributed by atoms with Crippen LogP contribution in [0.1, 0.15) is 36.9 Å². The van der Waals surface area contributed by atoms with Gasteiger partial charge in [-0.25, -0.2) is 4.98 Å². The molecule has 3 rings (SSSR count). The Morgan fingerprint density at radius 3 is 2.79 bits per heavy atom. The number of carbonyl (C=O) groups excluding carboxylic acids is 2. The Labute approximate surface area is 168 Å². The summed E-state index contributed by atoms with van der Waals surface area (Å²) in [7, 11) is 0. The van der Waals surface area contributed by atoms with Crippen LogP contribution in [0.3, 0.4) is 0 Å². The summed E-state index contributed by atoms with van der Waals surface area (Å²) in [6, 6.07) is 7.84. The smallest absolute Gasteiger partial charge is 0.240 e. The maximum atomic E-state index is 12.4. The van der Waals surface area contributed by atoms with Crippen molar-refractivity contribution in [1.82, 2.24) is 14.9 Å². The molecular formula is C20H26N4O3S. The molecule has 0 radical (unpaired) electrons. The highest BCUT2D eigenvalue weighted by Crippen LogP contribution is 2.21. The third kappa shape index (κ3) is 5.59. The molecule has 1 aliphatic rings. The van der Waals surface area contributed by atoms with Crippen molar-refractivity contribution >= 4 is 29.3 Å². The minimum absolute atomic E-state index is 0.0915. The van der Waals surface area contributed by atoms with Crippen molar-refractivity contribution in [1.29, 1.82) is 0 Å². The summed E-state index contributed by atoms with van der Waals surface area (Å²) in [4.78, 5) is 28.9. The number of thioether (sulfide) groups is 1. The zero-order valence-corrected chi connectivity index (χ0v) is 16.8. The number of aliphatic hydroxyl groups excluding tert-OH is 1. The van der Waals surface area contributed by atoms with Crippen LogP contribution in [0.5, 0.6) is 0 Å². The van der Waals surface area contributed by atoms with Crippen LogP contribution < -0.4 is 10.6 Å². The largest absolute Gasteiger partial charge is 0.390 e. The Balaban J connectivity index is 1.58. The quantitative estimate of drug-likeness (QED) is 0.590. The number of carbonyl (C=O) groups is 2. The van der Waals surface area contributed by atoms with Crippen LogP contribution >= 0.6 is 11.8 Å². The number of amides is 2. The molecule has 1 fully saturated rings. The van der Waals surface area contributed by atoms with E-state index in [-0.39, 0.29) is 36.8 Å². The molecule has 8 heteroatoms. The van der Waals surface area contributed by atoms with E-state index in [1.807, 2.05) is 31.2 Å².